The van der Waals surface area contributed by atoms with E-state index in [-0.39, 0.29) is 29.5 Å². The van der Waals surface area contributed by atoms with Gasteiger partial charge in [0.15, 0.2) is 0 Å². The average molecular weight is 469 g/mol. The number of amides is 2. The van der Waals surface area contributed by atoms with Crippen LogP contribution in [0.15, 0.2) is 30.5 Å². The van der Waals surface area contributed by atoms with Crippen LogP contribution in [0.4, 0.5) is 5.00 Å². The number of benzene rings is 1. The molecule has 0 spiro atoms. The number of fused-ring (bicyclic) bond motifs is 1. The van der Waals surface area contributed by atoms with Crippen LogP contribution in [-0.2, 0) is 9.53 Å². The van der Waals surface area contributed by atoms with Crippen LogP contribution in [-0.4, -0.2) is 53.9 Å². The van der Waals surface area contributed by atoms with Crippen LogP contribution in [0.2, 0.25) is 0 Å². The Bertz CT molecular complexity index is 1190. The van der Waals surface area contributed by atoms with Gasteiger partial charge in [0.1, 0.15) is 5.00 Å². The number of piperidine rings is 1. The number of aromatic nitrogens is 1. The van der Waals surface area contributed by atoms with Crippen LogP contribution >= 0.6 is 11.3 Å². The molecule has 1 aromatic carbocycles. The van der Waals surface area contributed by atoms with E-state index in [0.29, 0.717) is 16.5 Å². The summed E-state index contributed by atoms with van der Waals surface area (Å²) < 4.78 is 5.10. The lowest BCUT2D eigenvalue weighted by Gasteiger charge is -2.31. The van der Waals surface area contributed by atoms with E-state index in [1.165, 1.54) is 10.9 Å². The van der Waals surface area contributed by atoms with E-state index >= 15 is 0 Å². The van der Waals surface area contributed by atoms with E-state index in [1.54, 1.807) is 13.8 Å². The molecule has 0 radical (unpaired) electrons. The number of hydrogen-bond donors (Lipinski definition) is 3. The van der Waals surface area contributed by atoms with Gasteiger partial charge < -0.3 is 20.8 Å². The lowest BCUT2D eigenvalue weighted by Crippen LogP contribution is -2.38. The molecule has 9 heteroatoms. The number of aromatic amines is 1. The summed E-state index contributed by atoms with van der Waals surface area (Å²) in [7, 11) is 0. The number of rotatable bonds is 7. The molecule has 0 aliphatic carbocycles. The third-order valence-electron chi connectivity index (χ3n) is 6.12. The van der Waals surface area contributed by atoms with Gasteiger partial charge in [0, 0.05) is 17.1 Å². The number of nitrogens with one attached hydrogen (secondary N) is 2. The normalized spacial score (nSPS) is 15.0. The molecule has 0 saturated carbocycles. The van der Waals surface area contributed by atoms with Crippen molar-refractivity contribution in [3.05, 3.63) is 52.0 Å². The first kappa shape index (κ1) is 23.0. The Kier molecular flexibility index (Phi) is 6.80. The number of primary amides is 1. The van der Waals surface area contributed by atoms with E-state index in [2.05, 4.69) is 39.6 Å². The fourth-order valence-electron chi connectivity index (χ4n) is 4.49. The zero-order chi connectivity index (χ0) is 23.5. The zero-order valence-corrected chi connectivity index (χ0v) is 19.6. The molecule has 4 rings (SSSR count). The first-order valence-electron chi connectivity index (χ1n) is 11.1. The highest BCUT2D eigenvalue weighted by atomic mass is 32.1. The molecule has 3 heterocycles. The molecule has 33 heavy (non-hydrogen) atoms. The van der Waals surface area contributed by atoms with Crippen molar-refractivity contribution < 1.29 is 19.1 Å². The topological polar surface area (TPSA) is 118 Å². The number of para-hydroxylation sites is 1. The average Bonchev–Trinajstić information content (AvgIpc) is 3.35. The molecule has 8 nitrogen and oxygen atoms in total. The van der Waals surface area contributed by atoms with E-state index in [1.807, 2.05) is 6.07 Å². The minimum atomic E-state index is -0.636. The summed E-state index contributed by atoms with van der Waals surface area (Å²) in [5.41, 5.74) is 8.54. The second kappa shape index (κ2) is 9.76. The van der Waals surface area contributed by atoms with Crippen LogP contribution < -0.4 is 11.1 Å². The van der Waals surface area contributed by atoms with Crippen LogP contribution in [0, 0.1) is 6.92 Å². The Labute approximate surface area is 196 Å². The smallest absolute Gasteiger partial charge is 0.341 e. The van der Waals surface area contributed by atoms with Gasteiger partial charge >= 0.3 is 5.97 Å². The van der Waals surface area contributed by atoms with Crippen LogP contribution in [0.3, 0.4) is 0 Å². The molecule has 174 valence electrons. The number of carbonyl (C=O) groups excluding carboxylic acids is 3. The summed E-state index contributed by atoms with van der Waals surface area (Å²) in [6, 6.07) is 8.31. The van der Waals surface area contributed by atoms with Gasteiger partial charge in [-0.3, -0.25) is 14.5 Å². The lowest BCUT2D eigenvalue weighted by molar-refractivity contribution is -0.117. The van der Waals surface area contributed by atoms with Gasteiger partial charge in [-0.15, -0.1) is 11.3 Å². The molecule has 2 aromatic heterocycles. The van der Waals surface area contributed by atoms with E-state index < -0.39 is 11.9 Å². The van der Waals surface area contributed by atoms with Crippen LogP contribution in [0.25, 0.3) is 10.9 Å². The van der Waals surface area contributed by atoms with Crippen molar-refractivity contribution in [2.75, 3.05) is 31.6 Å². The van der Waals surface area contributed by atoms with Gasteiger partial charge in [0.05, 0.1) is 23.6 Å². The molecule has 2 amide bonds. The maximum Gasteiger partial charge on any atom is 0.341 e. The van der Waals surface area contributed by atoms with Crippen molar-refractivity contribution in [2.24, 2.45) is 5.73 Å². The van der Waals surface area contributed by atoms with Crippen molar-refractivity contribution in [3.63, 3.8) is 0 Å². The number of hydrogen-bond acceptors (Lipinski definition) is 6. The Morgan fingerprint density at radius 2 is 1.97 bits per heavy atom. The van der Waals surface area contributed by atoms with Gasteiger partial charge in [-0.05, 0) is 62.9 Å². The number of nitrogens with zero attached hydrogens (tertiary/aromatic N) is 1. The van der Waals surface area contributed by atoms with E-state index in [4.69, 9.17) is 10.5 Å². The maximum absolute atomic E-state index is 12.8. The third kappa shape index (κ3) is 4.79. The van der Waals surface area contributed by atoms with Crippen molar-refractivity contribution in [1.82, 2.24) is 9.88 Å². The number of H-pyrrole nitrogens is 1. The first-order valence-corrected chi connectivity index (χ1v) is 11.9. The van der Waals surface area contributed by atoms with Crippen molar-refractivity contribution in [2.45, 2.75) is 32.6 Å². The molecule has 1 aliphatic heterocycles. The minimum Gasteiger partial charge on any atom is -0.462 e. The van der Waals surface area contributed by atoms with Crippen molar-refractivity contribution in [1.29, 1.82) is 0 Å². The summed E-state index contributed by atoms with van der Waals surface area (Å²) in [6.45, 7) is 5.35. The summed E-state index contributed by atoms with van der Waals surface area (Å²) in [5.74, 6) is -0.992. The van der Waals surface area contributed by atoms with Gasteiger partial charge in [-0.25, -0.2) is 4.79 Å². The Balaban J connectivity index is 1.39. The number of carbonyl (C=O) groups is 3. The second-order valence-electron chi connectivity index (χ2n) is 8.23. The monoisotopic (exact) mass is 468 g/mol. The highest BCUT2D eigenvalue weighted by Gasteiger charge is 2.27. The fraction of sp³-hybridized carbons (Fsp3) is 0.375. The van der Waals surface area contributed by atoms with Crippen molar-refractivity contribution in [3.8, 4) is 0 Å². The van der Waals surface area contributed by atoms with Crippen LogP contribution in [0.1, 0.15) is 56.8 Å². The molecule has 0 unspecified atom stereocenters. The fourth-order valence-corrected chi connectivity index (χ4v) is 5.55. The maximum atomic E-state index is 12.8. The minimum absolute atomic E-state index is 0.193. The molecular formula is C24H28N4O4S. The first-order chi connectivity index (χ1) is 15.9. The zero-order valence-electron chi connectivity index (χ0n) is 18.8. The molecule has 1 aliphatic rings. The van der Waals surface area contributed by atoms with Gasteiger partial charge in [-0.1, -0.05) is 18.2 Å². The molecule has 3 aromatic rings. The quantitative estimate of drug-likeness (QED) is 0.458. The number of ether oxygens (including phenoxy) is 1. The number of esters is 1. The standard InChI is InChI=1S/C24H28N4O4S/c1-3-32-24(31)20-14(2)21(22(25)30)33-23(20)27-19(29)13-28-10-8-15(9-11-28)17-12-26-18-7-5-4-6-16(17)18/h4-7,12,15,26H,3,8-11,13H2,1-2H3,(H2,25,30)(H,27,29). The summed E-state index contributed by atoms with van der Waals surface area (Å²) in [5, 5.41) is 4.37. The Morgan fingerprint density at radius 1 is 1.24 bits per heavy atom. The largest absolute Gasteiger partial charge is 0.462 e. The SMILES string of the molecule is CCOC(=O)c1c(NC(=O)CN2CCC(c3c[nH]c4ccccc34)CC2)sc(C(N)=O)c1C. The Morgan fingerprint density at radius 3 is 2.67 bits per heavy atom. The molecule has 0 bridgehead atoms. The Hall–Kier alpha value is -3.17. The van der Waals surface area contributed by atoms with Gasteiger partial charge in [-0.2, -0.15) is 0 Å². The summed E-state index contributed by atoms with van der Waals surface area (Å²) in [4.78, 5) is 42.6. The number of thiophene rings is 1. The predicted octanol–water partition coefficient (Wildman–Crippen LogP) is 3.63. The molecular weight excluding hydrogens is 440 g/mol. The molecule has 0 atom stereocenters. The van der Waals surface area contributed by atoms with Gasteiger partial charge in [0.2, 0.25) is 5.91 Å². The number of nitrogens with two attached hydrogens (primary N) is 1. The summed E-state index contributed by atoms with van der Waals surface area (Å²) >= 11 is 1.01. The summed E-state index contributed by atoms with van der Waals surface area (Å²) in [6.07, 6.45) is 4.03. The molecule has 1 saturated heterocycles. The number of anilines is 1. The van der Waals surface area contributed by atoms with E-state index in [9.17, 15) is 14.4 Å². The highest BCUT2D eigenvalue weighted by Crippen LogP contribution is 2.35. The number of likely N-dealkylation sites (tertiary alicyclic amines) is 1. The second-order valence-corrected chi connectivity index (χ2v) is 9.25. The van der Waals surface area contributed by atoms with E-state index in [0.717, 1.165) is 42.8 Å². The predicted molar refractivity (Wildman–Crippen MR) is 129 cm³/mol. The van der Waals surface area contributed by atoms with Crippen molar-refractivity contribution >= 4 is 45.0 Å². The third-order valence-corrected chi connectivity index (χ3v) is 7.34. The lowest BCUT2D eigenvalue weighted by atomic mass is 9.89. The highest BCUT2D eigenvalue weighted by molar-refractivity contribution is 7.18. The van der Waals surface area contributed by atoms with Gasteiger partial charge in [0.25, 0.3) is 5.91 Å². The molecule has 4 N–H and O–H groups in total. The molecule has 1 fully saturated rings. The van der Waals surface area contributed by atoms with Crippen LogP contribution in [0.5, 0.6) is 0 Å².